The van der Waals surface area contributed by atoms with Crippen LogP contribution in [0.2, 0.25) is 0 Å². The highest BCUT2D eigenvalue weighted by atomic mass is 32.2. The predicted octanol–water partition coefficient (Wildman–Crippen LogP) is 4.48. The van der Waals surface area contributed by atoms with Gasteiger partial charge in [0.15, 0.2) is 0 Å². The maximum Gasteiger partial charge on any atom is 0.243 e. The van der Waals surface area contributed by atoms with Crippen LogP contribution in [0.1, 0.15) is 30.0 Å². The number of piperidine rings is 1. The van der Waals surface area contributed by atoms with Gasteiger partial charge in [-0.05, 0) is 60.4 Å². The molecule has 3 aromatic carbocycles. The molecule has 1 saturated heterocycles. The highest BCUT2D eigenvalue weighted by Crippen LogP contribution is 2.32. The summed E-state index contributed by atoms with van der Waals surface area (Å²) in [7, 11) is -0.363. The van der Waals surface area contributed by atoms with Crippen LogP contribution in [0.5, 0.6) is 5.75 Å². The van der Waals surface area contributed by atoms with Crippen molar-refractivity contribution in [1.29, 1.82) is 0 Å². The summed E-state index contributed by atoms with van der Waals surface area (Å²) in [6, 6.07) is 21.7. The SMILES string of the molecule is COc1ccc(S(=O)(=O)N2CCC(C(=O)N(C)C(c3ccccc3)c3ccc(F)cc3)CC2)cc1. The third-order valence-electron chi connectivity index (χ3n) is 6.54. The second-order valence-corrected chi connectivity index (χ2v) is 10.6. The number of hydrogen-bond donors (Lipinski definition) is 0. The molecule has 1 aliphatic rings. The molecule has 4 rings (SSSR count). The summed E-state index contributed by atoms with van der Waals surface area (Å²) in [5, 5.41) is 0. The minimum absolute atomic E-state index is 0.0512. The van der Waals surface area contributed by atoms with E-state index in [-0.39, 0.29) is 41.7 Å². The van der Waals surface area contributed by atoms with Crippen molar-refractivity contribution in [2.45, 2.75) is 23.8 Å². The number of halogens is 1. The van der Waals surface area contributed by atoms with Gasteiger partial charge in [0.25, 0.3) is 0 Å². The Morgan fingerprint density at radius 1 is 0.943 bits per heavy atom. The van der Waals surface area contributed by atoms with Crippen LogP contribution in [-0.4, -0.2) is 50.8 Å². The zero-order valence-electron chi connectivity index (χ0n) is 19.8. The van der Waals surface area contributed by atoms with Crippen molar-refractivity contribution < 1.29 is 22.3 Å². The number of benzene rings is 3. The molecule has 184 valence electrons. The Morgan fingerprint density at radius 3 is 2.09 bits per heavy atom. The van der Waals surface area contributed by atoms with Gasteiger partial charge in [-0.1, -0.05) is 42.5 Å². The maximum atomic E-state index is 13.6. The first-order chi connectivity index (χ1) is 16.8. The van der Waals surface area contributed by atoms with Crippen LogP contribution in [0.15, 0.2) is 83.8 Å². The van der Waals surface area contributed by atoms with E-state index < -0.39 is 10.0 Å². The van der Waals surface area contributed by atoms with Gasteiger partial charge in [-0.3, -0.25) is 4.79 Å². The largest absolute Gasteiger partial charge is 0.497 e. The first-order valence-electron chi connectivity index (χ1n) is 11.5. The Morgan fingerprint density at radius 2 is 1.51 bits per heavy atom. The lowest BCUT2D eigenvalue weighted by atomic mass is 9.92. The smallest absolute Gasteiger partial charge is 0.243 e. The average Bonchev–Trinajstić information content (AvgIpc) is 2.90. The second-order valence-electron chi connectivity index (χ2n) is 8.67. The Kier molecular flexibility index (Phi) is 7.52. The molecule has 0 N–H and O–H groups in total. The van der Waals surface area contributed by atoms with Gasteiger partial charge in [0.2, 0.25) is 15.9 Å². The van der Waals surface area contributed by atoms with E-state index in [1.165, 1.54) is 35.7 Å². The standard InChI is InChI=1S/C27H29FN2O4S/c1-29(26(20-6-4-3-5-7-20)21-8-10-23(28)11-9-21)27(31)22-16-18-30(19-17-22)35(32,33)25-14-12-24(34-2)13-15-25/h3-15,22,26H,16-19H2,1-2H3. The Balaban J connectivity index is 1.48. The average molecular weight is 497 g/mol. The van der Waals surface area contributed by atoms with Crippen LogP contribution in [-0.2, 0) is 14.8 Å². The normalized spacial score (nSPS) is 16.0. The number of amides is 1. The highest BCUT2D eigenvalue weighted by Gasteiger charge is 2.35. The van der Waals surface area contributed by atoms with Crippen molar-refractivity contribution in [2.24, 2.45) is 5.92 Å². The molecule has 1 amide bonds. The highest BCUT2D eigenvalue weighted by molar-refractivity contribution is 7.89. The molecule has 3 aromatic rings. The molecule has 1 aliphatic heterocycles. The third kappa shape index (κ3) is 5.39. The molecule has 0 aromatic heterocycles. The quantitative estimate of drug-likeness (QED) is 0.484. The second kappa shape index (κ2) is 10.6. The lowest BCUT2D eigenvalue weighted by Crippen LogP contribution is -2.44. The van der Waals surface area contributed by atoms with Gasteiger partial charge >= 0.3 is 0 Å². The van der Waals surface area contributed by atoms with Crippen molar-refractivity contribution in [3.05, 3.63) is 95.8 Å². The van der Waals surface area contributed by atoms with Gasteiger partial charge in [-0.25, -0.2) is 12.8 Å². The summed E-state index contributed by atoms with van der Waals surface area (Å²) in [6.07, 6.45) is 0.868. The number of sulfonamides is 1. The molecule has 1 fully saturated rings. The van der Waals surface area contributed by atoms with Crippen molar-refractivity contribution in [2.75, 3.05) is 27.2 Å². The van der Waals surface area contributed by atoms with Crippen molar-refractivity contribution in [3.8, 4) is 5.75 Å². The van der Waals surface area contributed by atoms with Gasteiger partial charge in [-0.2, -0.15) is 4.31 Å². The number of carbonyl (C=O) groups is 1. The molecule has 8 heteroatoms. The first kappa shape index (κ1) is 24.9. The van der Waals surface area contributed by atoms with Crippen molar-refractivity contribution in [1.82, 2.24) is 9.21 Å². The van der Waals surface area contributed by atoms with Gasteiger partial charge in [0.1, 0.15) is 11.6 Å². The fourth-order valence-electron chi connectivity index (χ4n) is 4.58. The monoisotopic (exact) mass is 496 g/mol. The van der Waals surface area contributed by atoms with E-state index in [0.29, 0.717) is 18.6 Å². The van der Waals surface area contributed by atoms with E-state index in [2.05, 4.69) is 0 Å². The van der Waals surface area contributed by atoms with Gasteiger partial charge in [-0.15, -0.1) is 0 Å². The number of nitrogens with zero attached hydrogens (tertiary/aromatic N) is 2. The number of rotatable bonds is 7. The van der Waals surface area contributed by atoms with E-state index in [9.17, 15) is 17.6 Å². The lowest BCUT2D eigenvalue weighted by molar-refractivity contribution is -0.137. The molecule has 0 saturated carbocycles. The molecule has 35 heavy (non-hydrogen) atoms. The van der Waals surface area contributed by atoms with Crippen molar-refractivity contribution >= 4 is 15.9 Å². The Labute approximate surface area is 206 Å². The number of ether oxygens (including phenoxy) is 1. The molecule has 1 unspecified atom stereocenters. The molecule has 0 spiro atoms. The van der Waals surface area contributed by atoms with Crippen LogP contribution < -0.4 is 4.74 Å². The number of methoxy groups -OCH3 is 1. The molecule has 0 radical (unpaired) electrons. The summed E-state index contributed by atoms with van der Waals surface area (Å²) in [5.74, 6) is -0.0935. The fraction of sp³-hybridized carbons (Fsp3) is 0.296. The fourth-order valence-corrected chi connectivity index (χ4v) is 6.04. The first-order valence-corrected chi connectivity index (χ1v) is 13.0. The van der Waals surface area contributed by atoms with Crippen molar-refractivity contribution in [3.63, 3.8) is 0 Å². The molecule has 0 aliphatic carbocycles. The van der Waals surface area contributed by atoms with Gasteiger partial charge < -0.3 is 9.64 Å². The summed E-state index contributed by atoms with van der Waals surface area (Å²) in [4.78, 5) is 15.4. The van der Waals surface area contributed by atoms with Crippen LogP contribution in [0.25, 0.3) is 0 Å². The molecule has 1 atom stereocenters. The third-order valence-corrected chi connectivity index (χ3v) is 8.45. The van der Waals surface area contributed by atoms with Crippen LogP contribution >= 0.6 is 0 Å². The molecule has 6 nitrogen and oxygen atoms in total. The molecular weight excluding hydrogens is 467 g/mol. The summed E-state index contributed by atoms with van der Waals surface area (Å²) < 4.78 is 46.2. The summed E-state index contributed by atoms with van der Waals surface area (Å²) in [6.45, 7) is 0.538. The zero-order valence-corrected chi connectivity index (χ0v) is 20.6. The Bertz CT molecular complexity index is 1240. The minimum Gasteiger partial charge on any atom is -0.497 e. The van der Waals surface area contributed by atoms with Gasteiger partial charge in [0.05, 0.1) is 18.0 Å². The molecule has 0 bridgehead atoms. The Hall–Kier alpha value is -3.23. The topological polar surface area (TPSA) is 66.9 Å². The number of hydrogen-bond acceptors (Lipinski definition) is 4. The van der Waals surface area contributed by atoms with Crippen LogP contribution in [0.4, 0.5) is 4.39 Å². The van der Waals surface area contributed by atoms with Gasteiger partial charge in [0, 0.05) is 26.1 Å². The maximum absolute atomic E-state index is 13.6. The molecular formula is C27H29FN2O4S. The zero-order chi connectivity index (χ0) is 25.0. The summed E-state index contributed by atoms with van der Waals surface area (Å²) in [5.41, 5.74) is 1.74. The van der Waals surface area contributed by atoms with Crippen LogP contribution in [0.3, 0.4) is 0 Å². The van der Waals surface area contributed by atoms with E-state index in [4.69, 9.17) is 4.74 Å². The van der Waals surface area contributed by atoms with Crippen LogP contribution in [0, 0.1) is 11.7 Å². The van der Waals surface area contributed by atoms with E-state index in [1.807, 2.05) is 30.3 Å². The summed E-state index contributed by atoms with van der Waals surface area (Å²) >= 11 is 0. The predicted molar refractivity (Wildman–Crippen MR) is 132 cm³/mol. The number of carbonyl (C=O) groups excluding carboxylic acids is 1. The molecule has 1 heterocycles. The van der Waals surface area contributed by atoms with E-state index in [1.54, 1.807) is 36.2 Å². The lowest BCUT2D eigenvalue weighted by Gasteiger charge is -2.36. The van der Waals surface area contributed by atoms with E-state index in [0.717, 1.165) is 11.1 Å². The van der Waals surface area contributed by atoms with E-state index >= 15 is 0 Å². The minimum atomic E-state index is -3.65.